The Morgan fingerprint density at radius 2 is 2.32 bits per heavy atom. The molecule has 120 valence electrons. The summed E-state index contributed by atoms with van der Waals surface area (Å²) in [6.07, 6.45) is 1.77. The standard InChI is InChI=1S/C16H21ClN2O2S/c1-3-21-15(20)12-5-4-8-19(10-12)16(22)18-14-7-6-11(2)9-13(14)17/h6-7,9,12H,3-5,8,10H2,1-2H3,(H,18,22). The zero-order chi connectivity index (χ0) is 16.1. The molecule has 0 amide bonds. The van der Waals surface area contributed by atoms with Crippen LogP contribution in [0.25, 0.3) is 0 Å². The number of nitrogens with one attached hydrogen (secondary N) is 1. The normalized spacial score (nSPS) is 18.0. The Balaban J connectivity index is 1.98. The van der Waals surface area contributed by atoms with Crippen molar-refractivity contribution in [2.75, 3.05) is 25.0 Å². The quantitative estimate of drug-likeness (QED) is 0.672. The lowest BCUT2D eigenvalue weighted by Crippen LogP contribution is -2.44. The topological polar surface area (TPSA) is 41.6 Å². The molecular formula is C16H21ClN2O2S. The van der Waals surface area contributed by atoms with Gasteiger partial charge in [-0.3, -0.25) is 4.79 Å². The van der Waals surface area contributed by atoms with E-state index < -0.39 is 0 Å². The lowest BCUT2D eigenvalue weighted by atomic mass is 9.98. The van der Waals surface area contributed by atoms with Crippen LogP contribution in [-0.4, -0.2) is 35.7 Å². The van der Waals surface area contributed by atoms with Gasteiger partial charge in [-0.1, -0.05) is 17.7 Å². The number of thiocarbonyl (C=S) groups is 1. The number of carbonyl (C=O) groups excluding carboxylic acids is 1. The van der Waals surface area contributed by atoms with Gasteiger partial charge in [-0.2, -0.15) is 0 Å². The molecule has 1 N–H and O–H groups in total. The molecule has 1 atom stereocenters. The van der Waals surface area contributed by atoms with Gasteiger partial charge in [-0.15, -0.1) is 0 Å². The highest BCUT2D eigenvalue weighted by Crippen LogP contribution is 2.24. The first-order valence-electron chi connectivity index (χ1n) is 7.50. The van der Waals surface area contributed by atoms with E-state index in [1.807, 2.05) is 36.9 Å². The van der Waals surface area contributed by atoms with E-state index in [0.717, 1.165) is 30.6 Å². The van der Waals surface area contributed by atoms with E-state index in [1.165, 1.54) is 0 Å². The molecule has 22 heavy (non-hydrogen) atoms. The van der Waals surface area contributed by atoms with Gasteiger partial charge >= 0.3 is 5.97 Å². The minimum absolute atomic E-state index is 0.109. The number of esters is 1. The van der Waals surface area contributed by atoms with Gasteiger partial charge in [-0.25, -0.2) is 0 Å². The Kier molecular flexibility index (Phi) is 6.03. The van der Waals surface area contributed by atoms with Crippen molar-refractivity contribution >= 4 is 40.6 Å². The van der Waals surface area contributed by atoms with E-state index in [4.69, 9.17) is 28.6 Å². The van der Waals surface area contributed by atoms with Gasteiger partial charge in [0.15, 0.2) is 5.11 Å². The molecule has 4 nitrogen and oxygen atoms in total. The summed E-state index contributed by atoms with van der Waals surface area (Å²) in [5.74, 6) is -0.245. The Hall–Kier alpha value is -1.33. The highest BCUT2D eigenvalue weighted by atomic mass is 35.5. The predicted octanol–water partition coefficient (Wildman–Crippen LogP) is 3.62. The highest BCUT2D eigenvalue weighted by Gasteiger charge is 2.28. The average molecular weight is 341 g/mol. The van der Waals surface area contributed by atoms with Crippen LogP contribution in [-0.2, 0) is 9.53 Å². The molecule has 1 aliphatic rings. The van der Waals surface area contributed by atoms with Crippen molar-refractivity contribution in [3.05, 3.63) is 28.8 Å². The van der Waals surface area contributed by atoms with Gasteiger partial charge in [0.25, 0.3) is 0 Å². The molecule has 0 aliphatic carbocycles. The Labute approximate surface area is 141 Å². The summed E-state index contributed by atoms with van der Waals surface area (Å²) < 4.78 is 5.11. The lowest BCUT2D eigenvalue weighted by Gasteiger charge is -2.33. The number of piperidine rings is 1. The second-order valence-corrected chi connectivity index (χ2v) is 6.24. The zero-order valence-corrected chi connectivity index (χ0v) is 14.5. The molecule has 1 heterocycles. The molecule has 0 saturated carbocycles. The lowest BCUT2D eigenvalue weighted by molar-refractivity contribution is -0.149. The average Bonchev–Trinajstić information content (AvgIpc) is 2.50. The van der Waals surface area contributed by atoms with Crippen LogP contribution in [0.1, 0.15) is 25.3 Å². The van der Waals surface area contributed by atoms with Crippen LogP contribution in [0, 0.1) is 12.8 Å². The molecule has 1 aliphatic heterocycles. The number of aryl methyl sites for hydroxylation is 1. The monoisotopic (exact) mass is 340 g/mol. The van der Waals surface area contributed by atoms with Crippen LogP contribution in [0.4, 0.5) is 5.69 Å². The minimum atomic E-state index is -0.136. The smallest absolute Gasteiger partial charge is 0.310 e. The van der Waals surface area contributed by atoms with Crippen LogP contribution < -0.4 is 5.32 Å². The van der Waals surface area contributed by atoms with Crippen molar-refractivity contribution in [3.63, 3.8) is 0 Å². The molecule has 1 saturated heterocycles. The summed E-state index contributed by atoms with van der Waals surface area (Å²) >= 11 is 11.7. The number of likely N-dealkylation sites (tertiary alicyclic amines) is 1. The van der Waals surface area contributed by atoms with Crippen molar-refractivity contribution in [3.8, 4) is 0 Å². The summed E-state index contributed by atoms with van der Waals surface area (Å²) in [5, 5.41) is 4.41. The van der Waals surface area contributed by atoms with Crippen molar-refractivity contribution in [1.82, 2.24) is 4.90 Å². The van der Waals surface area contributed by atoms with Gasteiger partial charge < -0.3 is 15.0 Å². The molecule has 1 aromatic rings. The number of halogens is 1. The number of hydrogen-bond donors (Lipinski definition) is 1. The fraction of sp³-hybridized carbons (Fsp3) is 0.500. The Morgan fingerprint density at radius 3 is 3.00 bits per heavy atom. The third kappa shape index (κ3) is 4.34. The first-order chi connectivity index (χ1) is 10.5. The van der Waals surface area contributed by atoms with E-state index in [1.54, 1.807) is 0 Å². The SMILES string of the molecule is CCOC(=O)C1CCCN(C(=S)Nc2ccc(C)cc2Cl)C1. The number of nitrogens with zero attached hydrogens (tertiary/aromatic N) is 1. The molecule has 1 aromatic carbocycles. The van der Waals surface area contributed by atoms with Crippen LogP contribution in [0.5, 0.6) is 0 Å². The first kappa shape index (κ1) is 17.0. The van der Waals surface area contributed by atoms with E-state index in [0.29, 0.717) is 23.3 Å². The van der Waals surface area contributed by atoms with Crippen molar-refractivity contribution < 1.29 is 9.53 Å². The molecule has 1 fully saturated rings. The summed E-state index contributed by atoms with van der Waals surface area (Å²) in [7, 11) is 0. The van der Waals surface area contributed by atoms with Crippen molar-refractivity contribution in [2.24, 2.45) is 5.92 Å². The second kappa shape index (κ2) is 7.79. The maximum absolute atomic E-state index is 11.9. The number of rotatable bonds is 3. The van der Waals surface area contributed by atoms with Crippen LogP contribution in [0.3, 0.4) is 0 Å². The number of benzene rings is 1. The molecule has 6 heteroatoms. The van der Waals surface area contributed by atoms with Crippen molar-refractivity contribution in [2.45, 2.75) is 26.7 Å². The maximum Gasteiger partial charge on any atom is 0.310 e. The van der Waals surface area contributed by atoms with E-state index in [-0.39, 0.29) is 11.9 Å². The fourth-order valence-corrected chi connectivity index (χ4v) is 3.09. The molecule has 0 spiro atoms. The van der Waals surface area contributed by atoms with Gasteiger partial charge in [0.05, 0.1) is 23.2 Å². The van der Waals surface area contributed by atoms with Gasteiger partial charge in [-0.05, 0) is 56.6 Å². The highest BCUT2D eigenvalue weighted by molar-refractivity contribution is 7.80. The third-order valence-electron chi connectivity index (χ3n) is 3.69. The van der Waals surface area contributed by atoms with Crippen LogP contribution in [0.15, 0.2) is 18.2 Å². The first-order valence-corrected chi connectivity index (χ1v) is 8.28. The zero-order valence-electron chi connectivity index (χ0n) is 12.9. The number of carbonyl (C=O) groups is 1. The summed E-state index contributed by atoms with van der Waals surface area (Å²) in [6, 6.07) is 5.79. The summed E-state index contributed by atoms with van der Waals surface area (Å²) in [4.78, 5) is 13.9. The maximum atomic E-state index is 11.9. The third-order valence-corrected chi connectivity index (χ3v) is 4.37. The number of hydrogen-bond acceptors (Lipinski definition) is 3. The van der Waals surface area contributed by atoms with Crippen LogP contribution >= 0.6 is 23.8 Å². The molecule has 0 bridgehead atoms. The van der Waals surface area contributed by atoms with Gasteiger partial charge in [0.1, 0.15) is 0 Å². The van der Waals surface area contributed by atoms with Crippen LogP contribution in [0.2, 0.25) is 5.02 Å². The predicted molar refractivity (Wildman–Crippen MR) is 93.3 cm³/mol. The minimum Gasteiger partial charge on any atom is -0.466 e. The van der Waals surface area contributed by atoms with E-state index >= 15 is 0 Å². The van der Waals surface area contributed by atoms with E-state index in [2.05, 4.69) is 5.32 Å². The second-order valence-electron chi connectivity index (χ2n) is 5.45. The molecule has 0 aromatic heterocycles. The number of anilines is 1. The van der Waals surface area contributed by atoms with E-state index in [9.17, 15) is 4.79 Å². The summed E-state index contributed by atoms with van der Waals surface area (Å²) in [6.45, 7) is 5.66. The molecular weight excluding hydrogens is 320 g/mol. The largest absolute Gasteiger partial charge is 0.466 e. The van der Waals surface area contributed by atoms with Crippen molar-refractivity contribution in [1.29, 1.82) is 0 Å². The Bertz CT molecular complexity index is 565. The van der Waals surface area contributed by atoms with Gasteiger partial charge in [0, 0.05) is 13.1 Å². The summed E-state index contributed by atoms with van der Waals surface area (Å²) in [5.41, 5.74) is 1.89. The fourth-order valence-electron chi connectivity index (χ4n) is 2.53. The molecule has 1 unspecified atom stereocenters. The Morgan fingerprint density at radius 1 is 1.55 bits per heavy atom. The molecule has 2 rings (SSSR count). The van der Waals surface area contributed by atoms with Gasteiger partial charge in [0.2, 0.25) is 0 Å². The number of ether oxygens (including phenoxy) is 1. The molecule has 0 radical (unpaired) electrons.